The molecule has 2 heteroatoms. The van der Waals surface area contributed by atoms with Gasteiger partial charge >= 0.3 is 0 Å². The van der Waals surface area contributed by atoms with Crippen molar-refractivity contribution in [3.63, 3.8) is 0 Å². The fraction of sp³-hybridized carbons (Fsp3) is 0.700. The summed E-state index contributed by atoms with van der Waals surface area (Å²) in [5.41, 5.74) is 4.27. The Balaban J connectivity index is 1.39. The van der Waals surface area contributed by atoms with Crippen LogP contribution in [-0.4, -0.2) is 37.1 Å². The van der Waals surface area contributed by atoms with Crippen LogP contribution >= 0.6 is 0 Å². The molecule has 0 radical (unpaired) electrons. The molecule has 0 amide bonds. The summed E-state index contributed by atoms with van der Waals surface area (Å²) in [5.74, 6) is 2.11. The van der Waals surface area contributed by atoms with Gasteiger partial charge in [-0.25, -0.2) is 0 Å². The highest BCUT2D eigenvalue weighted by Crippen LogP contribution is 2.43. The summed E-state index contributed by atoms with van der Waals surface area (Å²) < 4.78 is 0. The molecule has 2 saturated carbocycles. The minimum Gasteiger partial charge on any atom is -0.369 e. The van der Waals surface area contributed by atoms with Crippen molar-refractivity contribution < 1.29 is 0 Å². The number of piperazine rings is 1. The molecule has 2 unspecified atom stereocenters. The summed E-state index contributed by atoms with van der Waals surface area (Å²) in [6.07, 6.45) is 7.55. The molecule has 4 rings (SSSR count). The molecule has 2 aliphatic carbocycles. The van der Waals surface area contributed by atoms with Crippen LogP contribution in [0.1, 0.15) is 43.2 Å². The first-order valence-corrected chi connectivity index (χ1v) is 9.25. The van der Waals surface area contributed by atoms with Gasteiger partial charge in [0.25, 0.3) is 0 Å². The van der Waals surface area contributed by atoms with Crippen LogP contribution in [0.15, 0.2) is 18.2 Å². The fourth-order valence-corrected chi connectivity index (χ4v) is 5.16. The average molecular weight is 298 g/mol. The first kappa shape index (κ1) is 14.6. The Hall–Kier alpha value is -1.02. The number of fused-ring (bicyclic) bond motifs is 2. The fourth-order valence-electron chi connectivity index (χ4n) is 5.16. The van der Waals surface area contributed by atoms with Crippen LogP contribution in [0, 0.1) is 25.7 Å². The molecule has 2 atom stereocenters. The minimum absolute atomic E-state index is 0.895. The third-order valence-electron chi connectivity index (χ3n) is 6.40. The molecule has 0 aromatic heterocycles. The molecule has 22 heavy (non-hydrogen) atoms. The van der Waals surface area contributed by atoms with Gasteiger partial charge in [-0.15, -0.1) is 0 Å². The second-order valence-corrected chi connectivity index (χ2v) is 7.98. The molecule has 120 valence electrons. The van der Waals surface area contributed by atoms with E-state index in [2.05, 4.69) is 41.8 Å². The molecule has 3 aliphatic rings. The van der Waals surface area contributed by atoms with Crippen molar-refractivity contribution in [2.45, 2.75) is 52.0 Å². The summed E-state index contributed by atoms with van der Waals surface area (Å²) >= 11 is 0. The zero-order valence-electron chi connectivity index (χ0n) is 14.2. The summed E-state index contributed by atoms with van der Waals surface area (Å²) in [4.78, 5) is 5.42. The Kier molecular flexibility index (Phi) is 3.89. The summed E-state index contributed by atoms with van der Waals surface area (Å²) in [6, 6.07) is 7.77. The standard InChI is InChI=1S/C20H30N2/c1-15-3-4-16(2)20(11-15)22-9-7-21(8-10-22)19-13-17-5-6-18(12-17)14-19/h3-4,11,17-19H,5-10,12-14H2,1-2H3. The lowest BCUT2D eigenvalue weighted by Gasteiger charge is -2.43. The average Bonchev–Trinajstić information content (AvgIpc) is 2.88. The van der Waals surface area contributed by atoms with Gasteiger partial charge in [-0.05, 0) is 62.1 Å². The van der Waals surface area contributed by atoms with Crippen molar-refractivity contribution in [2.75, 3.05) is 31.1 Å². The molecule has 2 bridgehead atoms. The number of benzene rings is 1. The van der Waals surface area contributed by atoms with Gasteiger partial charge in [-0.2, -0.15) is 0 Å². The van der Waals surface area contributed by atoms with Gasteiger partial charge in [0.2, 0.25) is 0 Å². The van der Waals surface area contributed by atoms with Gasteiger partial charge in [0.15, 0.2) is 0 Å². The van der Waals surface area contributed by atoms with Gasteiger partial charge in [0.05, 0.1) is 0 Å². The van der Waals surface area contributed by atoms with E-state index < -0.39 is 0 Å². The lowest BCUT2D eigenvalue weighted by Crippen LogP contribution is -2.51. The van der Waals surface area contributed by atoms with E-state index in [4.69, 9.17) is 0 Å². The highest BCUT2D eigenvalue weighted by atomic mass is 15.3. The van der Waals surface area contributed by atoms with E-state index in [1.54, 1.807) is 6.42 Å². The monoisotopic (exact) mass is 298 g/mol. The predicted molar refractivity (Wildman–Crippen MR) is 93.6 cm³/mol. The van der Waals surface area contributed by atoms with Crippen LogP contribution in [0.4, 0.5) is 5.69 Å². The van der Waals surface area contributed by atoms with Crippen molar-refractivity contribution in [1.82, 2.24) is 4.90 Å². The van der Waals surface area contributed by atoms with Gasteiger partial charge in [0.1, 0.15) is 0 Å². The lowest BCUT2D eigenvalue weighted by atomic mass is 9.84. The molecule has 2 nitrogen and oxygen atoms in total. The molecule has 1 aromatic rings. The molecular formula is C20H30N2. The summed E-state index contributed by atoms with van der Waals surface area (Å²) in [7, 11) is 0. The molecule has 1 aliphatic heterocycles. The second kappa shape index (κ2) is 5.88. The number of nitrogens with zero attached hydrogens (tertiary/aromatic N) is 2. The molecule has 1 saturated heterocycles. The number of hydrogen-bond donors (Lipinski definition) is 0. The first-order chi connectivity index (χ1) is 10.7. The van der Waals surface area contributed by atoms with Crippen molar-refractivity contribution in [3.8, 4) is 0 Å². The third kappa shape index (κ3) is 2.78. The maximum atomic E-state index is 2.81. The summed E-state index contributed by atoms with van der Waals surface area (Å²) in [6.45, 7) is 9.39. The van der Waals surface area contributed by atoms with Crippen LogP contribution < -0.4 is 4.90 Å². The second-order valence-electron chi connectivity index (χ2n) is 7.98. The van der Waals surface area contributed by atoms with E-state index >= 15 is 0 Å². The Morgan fingerprint density at radius 2 is 1.55 bits per heavy atom. The van der Waals surface area contributed by atoms with Gasteiger partial charge in [0, 0.05) is 37.9 Å². The predicted octanol–water partition coefficient (Wildman–Crippen LogP) is 4.00. The maximum absolute atomic E-state index is 2.81. The Bertz CT molecular complexity index is 519. The number of hydrogen-bond acceptors (Lipinski definition) is 2. The number of anilines is 1. The van der Waals surface area contributed by atoms with Crippen LogP contribution in [0.2, 0.25) is 0 Å². The Morgan fingerprint density at radius 1 is 0.864 bits per heavy atom. The van der Waals surface area contributed by atoms with E-state index in [1.807, 2.05) is 0 Å². The quantitative estimate of drug-likeness (QED) is 0.814. The molecule has 1 heterocycles. The highest BCUT2D eigenvalue weighted by molar-refractivity contribution is 5.55. The van der Waals surface area contributed by atoms with Gasteiger partial charge in [-0.3, -0.25) is 4.90 Å². The molecule has 1 aromatic carbocycles. The molecule has 3 fully saturated rings. The van der Waals surface area contributed by atoms with Crippen molar-refractivity contribution in [3.05, 3.63) is 29.3 Å². The molecule has 0 N–H and O–H groups in total. The van der Waals surface area contributed by atoms with E-state index in [0.717, 1.165) is 17.9 Å². The van der Waals surface area contributed by atoms with E-state index in [9.17, 15) is 0 Å². The largest absolute Gasteiger partial charge is 0.369 e. The maximum Gasteiger partial charge on any atom is 0.0399 e. The van der Waals surface area contributed by atoms with Crippen LogP contribution in [0.5, 0.6) is 0 Å². The first-order valence-electron chi connectivity index (χ1n) is 9.25. The van der Waals surface area contributed by atoms with Crippen LogP contribution in [0.25, 0.3) is 0 Å². The summed E-state index contributed by atoms with van der Waals surface area (Å²) in [5, 5.41) is 0. The van der Waals surface area contributed by atoms with E-state index in [1.165, 1.54) is 68.7 Å². The lowest BCUT2D eigenvalue weighted by molar-refractivity contribution is 0.119. The van der Waals surface area contributed by atoms with E-state index in [0.29, 0.717) is 0 Å². The van der Waals surface area contributed by atoms with E-state index in [-0.39, 0.29) is 0 Å². The van der Waals surface area contributed by atoms with Crippen molar-refractivity contribution in [2.24, 2.45) is 11.8 Å². The number of rotatable bonds is 2. The number of aryl methyl sites for hydroxylation is 2. The smallest absolute Gasteiger partial charge is 0.0399 e. The third-order valence-corrected chi connectivity index (χ3v) is 6.40. The van der Waals surface area contributed by atoms with Crippen molar-refractivity contribution >= 4 is 5.69 Å². The van der Waals surface area contributed by atoms with Gasteiger partial charge in [-0.1, -0.05) is 25.0 Å². The minimum atomic E-state index is 0.895. The Labute approximate surface area is 135 Å². The van der Waals surface area contributed by atoms with Crippen LogP contribution in [0.3, 0.4) is 0 Å². The van der Waals surface area contributed by atoms with Crippen LogP contribution in [-0.2, 0) is 0 Å². The normalized spacial score (nSPS) is 32.5. The van der Waals surface area contributed by atoms with Crippen molar-refractivity contribution in [1.29, 1.82) is 0 Å². The zero-order valence-corrected chi connectivity index (χ0v) is 14.2. The zero-order chi connectivity index (χ0) is 15.1. The molecule has 0 spiro atoms. The SMILES string of the molecule is Cc1ccc(C)c(N2CCN(C3CC4CCC(C4)C3)CC2)c1. The topological polar surface area (TPSA) is 6.48 Å². The highest BCUT2D eigenvalue weighted by Gasteiger charge is 2.37. The van der Waals surface area contributed by atoms with Gasteiger partial charge < -0.3 is 4.90 Å². The Morgan fingerprint density at radius 3 is 2.23 bits per heavy atom. The molecular weight excluding hydrogens is 268 g/mol.